The zero-order valence-corrected chi connectivity index (χ0v) is 11.7. The normalized spacial score (nSPS) is 27.1. The lowest BCUT2D eigenvalue weighted by molar-refractivity contribution is -0.0799. The van der Waals surface area contributed by atoms with Crippen molar-refractivity contribution in [1.82, 2.24) is 4.90 Å². The predicted octanol–water partition coefficient (Wildman–Crippen LogP) is 2.45. The van der Waals surface area contributed by atoms with Crippen molar-refractivity contribution in [3.8, 4) is 0 Å². The number of nitrogens with two attached hydrogens (primary N) is 1. The first kappa shape index (κ1) is 13.8. The molecule has 1 aromatic rings. The van der Waals surface area contributed by atoms with E-state index in [4.69, 9.17) is 22.1 Å². The number of benzene rings is 1. The van der Waals surface area contributed by atoms with E-state index in [-0.39, 0.29) is 18.2 Å². The van der Waals surface area contributed by atoms with Crippen molar-refractivity contribution in [3.63, 3.8) is 0 Å². The Morgan fingerprint density at radius 2 is 2.06 bits per heavy atom. The van der Waals surface area contributed by atoms with Crippen molar-refractivity contribution < 1.29 is 4.74 Å². The average Bonchev–Trinajstić information content (AvgIpc) is 2.28. The number of hydrogen-bond donors (Lipinski definition) is 1. The zero-order chi connectivity index (χ0) is 13.1. The third-order valence-corrected chi connectivity index (χ3v) is 3.58. The van der Waals surface area contributed by atoms with E-state index in [1.807, 2.05) is 18.2 Å². The van der Waals surface area contributed by atoms with Gasteiger partial charge in [0.2, 0.25) is 0 Å². The van der Waals surface area contributed by atoms with E-state index in [0.29, 0.717) is 6.54 Å². The Hall–Kier alpha value is -0.610. The van der Waals surface area contributed by atoms with Crippen molar-refractivity contribution in [2.45, 2.75) is 32.1 Å². The smallest absolute Gasteiger partial charge is 0.0678 e. The molecule has 1 aliphatic heterocycles. The van der Waals surface area contributed by atoms with Crippen LogP contribution >= 0.6 is 11.6 Å². The maximum Gasteiger partial charge on any atom is 0.0678 e. The lowest BCUT2D eigenvalue weighted by Crippen LogP contribution is -2.48. The van der Waals surface area contributed by atoms with Gasteiger partial charge in [-0.3, -0.25) is 4.90 Å². The average molecular weight is 269 g/mol. The first-order valence-electron chi connectivity index (χ1n) is 6.45. The van der Waals surface area contributed by atoms with E-state index in [1.54, 1.807) is 0 Å². The van der Waals surface area contributed by atoms with Crippen molar-refractivity contribution in [3.05, 3.63) is 34.9 Å². The monoisotopic (exact) mass is 268 g/mol. The standard InChI is InChI=1S/C14H21ClN2O/c1-10-8-17(9-11(2)18-10)14(7-16)12-4-3-5-13(15)6-12/h3-6,10-11,14H,7-9,16H2,1-2H3/t10-,11-,14+/m1/s1. The van der Waals surface area contributed by atoms with Crippen LogP contribution in [-0.2, 0) is 4.74 Å². The number of ether oxygens (including phenoxy) is 1. The molecule has 2 rings (SSSR count). The molecule has 100 valence electrons. The van der Waals surface area contributed by atoms with E-state index in [2.05, 4.69) is 24.8 Å². The van der Waals surface area contributed by atoms with Crippen LogP contribution in [0, 0.1) is 0 Å². The van der Waals surface area contributed by atoms with E-state index < -0.39 is 0 Å². The minimum absolute atomic E-state index is 0.220. The summed E-state index contributed by atoms with van der Waals surface area (Å²) in [5.74, 6) is 0. The Morgan fingerprint density at radius 3 is 2.61 bits per heavy atom. The number of nitrogens with zero attached hydrogens (tertiary/aromatic N) is 1. The summed E-state index contributed by atoms with van der Waals surface area (Å²) in [6.07, 6.45) is 0.504. The molecule has 1 saturated heterocycles. The minimum Gasteiger partial charge on any atom is -0.373 e. The Kier molecular flexibility index (Phi) is 4.62. The lowest BCUT2D eigenvalue weighted by Gasteiger charge is -2.40. The van der Waals surface area contributed by atoms with Crippen molar-refractivity contribution in [2.75, 3.05) is 19.6 Å². The molecule has 0 radical (unpaired) electrons. The molecule has 0 aliphatic carbocycles. The van der Waals surface area contributed by atoms with Gasteiger partial charge in [-0.15, -0.1) is 0 Å². The van der Waals surface area contributed by atoms with Gasteiger partial charge in [0.25, 0.3) is 0 Å². The molecule has 3 atom stereocenters. The topological polar surface area (TPSA) is 38.5 Å². The van der Waals surface area contributed by atoms with Crippen LogP contribution in [0.15, 0.2) is 24.3 Å². The van der Waals surface area contributed by atoms with Gasteiger partial charge in [0.15, 0.2) is 0 Å². The van der Waals surface area contributed by atoms with Crippen LogP contribution in [0.1, 0.15) is 25.5 Å². The van der Waals surface area contributed by atoms with Crippen LogP contribution in [0.25, 0.3) is 0 Å². The molecule has 0 saturated carbocycles. The fourth-order valence-electron chi connectivity index (χ4n) is 2.68. The van der Waals surface area contributed by atoms with Gasteiger partial charge in [0, 0.05) is 30.7 Å². The second-order valence-electron chi connectivity index (χ2n) is 5.02. The number of hydrogen-bond acceptors (Lipinski definition) is 3. The fourth-order valence-corrected chi connectivity index (χ4v) is 2.88. The van der Waals surface area contributed by atoms with Gasteiger partial charge in [-0.25, -0.2) is 0 Å². The summed E-state index contributed by atoms with van der Waals surface area (Å²) in [5, 5.41) is 0.764. The molecule has 2 N–H and O–H groups in total. The molecule has 1 heterocycles. The Labute approximate surface area is 114 Å². The summed E-state index contributed by atoms with van der Waals surface area (Å²) >= 11 is 6.06. The number of morpholine rings is 1. The molecular formula is C14H21ClN2O. The highest BCUT2D eigenvalue weighted by atomic mass is 35.5. The van der Waals surface area contributed by atoms with Crippen molar-refractivity contribution in [1.29, 1.82) is 0 Å². The van der Waals surface area contributed by atoms with Gasteiger partial charge in [0.05, 0.1) is 12.2 Å². The first-order chi connectivity index (χ1) is 8.60. The summed E-state index contributed by atoms with van der Waals surface area (Å²) in [6, 6.07) is 8.19. The Bertz CT molecular complexity index is 389. The van der Waals surface area contributed by atoms with Crippen molar-refractivity contribution in [2.24, 2.45) is 5.73 Å². The summed E-state index contributed by atoms with van der Waals surface area (Å²) < 4.78 is 5.76. The van der Waals surface area contributed by atoms with Crippen molar-refractivity contribution >= 4 is 11.6 Å². The van der Waals surface area contributed by atoms with Gasteiger partial charge >= 0.3 is 0 Å². The van der Waals surface area contributed by atoms with E-state index >= 15 is 0 Å². The second kappa shape index (κ2) is 6.02. The predicted molar refractivity (Wildman–Crippen MR) is 74.8 cm³/mol. The molecule has 0 amide bonds. The second-order valence-corrected chi connectivity index (χ2v) is 5.45. The van der Waals surface area contributed by atoms with Gasteiger partial charge in [0.1, 0.15) is 0 Å². The summed E-state index contributed by atoms with van der Waals surface area (Å²) in [6.45, 7) is 6.64. The lowest BCUT2D eigenvalue weighted by atomic mass is 10.0. The third kappa shape index (κ3) is 3.23. The summed E-state index contributed by atoms with van der Waals surface area (Å²) in [7, 11) is 0. The van der Waals surface area contributed by atoms with Crippen LogP contribution in [0.4, 0.5) is 0 Å². The van der Waals surface area contributed by atoms with Gasteiger partial charge in [-0.05, 0) is 31.5 Å². The molecule has 1 aliphatic rings. The van der Waals surface area contributed by atoms with Crippen LogP contribution < -0.4 is 5.73 Å². The van der Waals surface area contributed by atoms with Crippen LogP contribution in [0.3, 0.4) is 0 Å². The molecule has 0 aromatic heterocycles. The zero-order valence-electron chi connectivity index (χ0n) is 11.0. The molecule has 4 heteroatoms. The van der Waals surface area contributed by atoms with Gasteiger partial charge in [-0.2, -0.15) is 0 Å². The highest BCUT2D eigenvalue weighted by molar-refractivity contribution is 6.30. The molecule has 1 fully saturated rings. The third-order valence-electron chi connectivity index (χ3n) is 3.35. The maximum atomic E-state index is 6.06. The van der Waals surface area contributed by atoms with Crippen LogP contribution in [0.5, 0.6) is 0 Å². The first-order valence-corrected chi connectivity index (χ1v) is 6.83. The van der Waals surface area contributed by atoms with Gasteiger partial charge < -0.3 is 10.5 Å². The summed E-state index contributed by atoms with van der Waals surface area (Å²) in [4.78, 5) is 2.39. The van der Waals surface area contributed by atoms with E-state index in [1.165, 1.54) is 5.56 Å². The quantitative estimate of drug-likeness (QED) is 0.915. The highest BCUT2D eigenvalue weighted by Crippen LogP contribution is 2.25. The van der Waals surface area contributed by atoms with E-state index in [0.717, 1.165) is 18.1 Å². The Morgan fingerprint density at radius 1 is 1.39 bits per heavy atom. The highest BCUT2D eigenvalue weighted by Gasteiger charge is 2.28. The molecule has 0 unspecified atom stereocenters. The largest absolute Gasteiger partial charge is 0.373 e. The molecular weight excluding hydrogens is 248 g/mol. The molecule has 3 nitrogen and oxygen atoms in total. The fraction of sp³-hybridized carbons (Fsp3) is 0.571. The number of rotatable bonds is 3. The van der Waals surface area contributed by atoms with E-state index in [9.17, 15) is 0 Å². The summed E-state index contributed by atoms with van der Waals surface area (Å²) in [5.41, 5.74) is 7.14. The maximum absolute atomic E-state index is 6.06. The number of halogens is 1. The minimum atomic E-state index is 0.220. The molecule has 0 spiro atoms. The molecule has 1 aromatic carbocycles. The van der Waals surface area contributed by atoms with Crippen LogP contribution in [-0.4, -0.2) is 36.7 Å². The van der Waals surface area contributed by atoms with Gasteiger partial charge in [-0.1, -0.05) is 23.7 Å². The van der Waals surface area contributed by atoms with Crippen LogP contribution in [0.2, 0.25) is 5.02 Å². The molecule has 18 heavy (non-hydrogen) atoms. The molecule has 0 bridgehead atoms. The Balaban J connectivity index is 2.17. The SMILES string of the molecule is C[C@@H]1CN([C@@H](CN)c2cccc(Cl)c2)C[C@@H](C)O1.